The van der Waals surface area contributed by atoms with Crippen LogP contribution in [0.5, 0.6) is 0 Å². The Morgan fingerprint density at radius 2 is 2.08 bits per heavy atom. The first-order chi connectivity index (χ1) is 5.70. The maximum absolute atomic E-state index is 10.4. The normalized spacial score (nSPS) is 27.3. The number of hydrogen-bond donors (Lipinski definition) is 1. The van der Waals surface area contributed by atoms with Crippen LogP contribution in [0.4, 0.5) is 0 Å². The fourth-order valence-electron chi connectivity index (χ4n) is 1.02. The first-order valence-corrected chi connectivity index (χ1v) is 3.97. The third kappa shape index (κ3) is 1.92. The number of aliphatic hydroxyl groups is 1. The smallest absolute Gasteiger partial charge is 0.159 e. The van der Waals surface area contributed by atoms with Crippen molar-refractivity contribution in [3.05, 3.63) is 36.0 Å². The number of aldehydes is 1. The first kappa shape index (κ1) is 8.94. The molecule has 0 spiro atoms. The molecule has 2 heteroatoms. The van der Waals surface area contributed by atoms with Gasteiger partial charge in [-0.1, -0.05) is 25.2 Å². The highest BCUT2D eigenvalue weighted by Gasteiger charge is 2.20. The number of carbonyl (C=O) groups is 1. The van der Waals surface area contributed by atoms with Crippen LogP contribution in [0.3, 0.4) is 0 Å². The van der Waals surface area contributed by atoms with Crippen molar-refractivity contribution in [1.82, 2.24) is 0 Å². The van der Waals surface area contributed by atoms with Crippen LogP contribution in [0.1, 0.15) is 13.3 Å². The van der Waals surface area contributed by atoms with Crippen LogP contribution in [0.2, 0.25) is 0 Å². The molecule has 0 unspecified atom stereocenters. The van der Waals surface area contributed by atoms with E-state index in [2.05, 4.69) is 0 Å². The summed E-state index contributed by atoms with van der Waals surface area (Å²) in [5.74, 6) is 0. The van der Waals surface area contributed by atoms with Crippen molar-refractivity contribution in [2.45, 2.75) is 18.9 Å². The second kappa shape index (κ2) is 3.50. The second-order valence-corrected chi connectivity index (χ2v) is 2.78. The van der Waals surface area contributed by atoms with Gasteiger partial charge in [0.05, 0.1) is 0 Å². The van der Waals surface area contributed by atoms with Gasteiger partial charge in [0.15, 0.2) is 11.9 Å². The van der Waals surface area contributed by atoms with Gasteiger partial charge in [0.25, 0.3) is 0 Å². The van der Waals surface area contributed by atoms with Crippen LogP contribution in [0, 0.1) is 0 Å². The topological polar surface area (TPSA) is 37.3 Å². The number of rotatable bonds is 2. The van der Waals surface area contributed by atoms with Crippen molar-refractivity contribution in [2.24, 2.45) is 0 Å². The molecule has 1 aliphatic carbocycles. The molecule has 1 rings (SSSR count). The van der Waals surface area contributed by atoms with Crippen molar-refractivity contribution >= 4 is 6.29 Å². The van der Waals surface area contributed by atoms with E-state index in [1.807, 2.05) is 13.0 Å². The summed E-state index contributed by atoms with van der Waals surface area (Å²) in [6.07, 6.45) is 9.96. The van der Waals surface area contributed by atoms with E-state index in [4.69, 9.17) is 0 Å². The van der Waals surface area contributed by atoms with Gasteiger partial charge in [-0.05, 0) is 24.1 Å². The molecule has 0 bridgehead atoms. The van der Waals surface area contributed by atoms with E-state index < -0.39 is 5.60 Å². The number of carbonyl (C=O) groups excluding carboxylic acids is 1. The van der Waals surface area contributed by atoms with Gasteiger partial charge in [-0.15, -0.1) is 0 Å². The fraction of sp³-hybridized carbons (Fsp3) is 0.300. The molecule has 12 heavy (non-hydrogen) atoms. The van der Waals surface area contributed by atoms with Gasteiger partial charge >= 0.3 is 0 Å². The summed E-state index contributed by atoms with van der Waals surface area (Å²) in [4.78, 5) is 10.4. The summed E-state index contributed by atoms with van der Waals surface area (Å²) in [6, 6.07) is 0. The summed E-state index contributed by atoms with van der Waals surface area (Å²) in [6.45, 7) is 2.04. The Kier molecular flexibility index (Phi) is 2.61. The molecule has 1 N–H and O–H groups in total. The van der Waals surface area contributed by atoms with E-state index in [9.17, 15) is 9.90 Å². The molecule has 0 aromatic rings. The third-order valence-electron chi connectivity index (χ3n) is 1.71. The molecule has 0 saturated carbocycles. The summed E-state index contributed by atoms with van der Waals surface area (Å²) < 4.78 is 0. The van der Waals surface area contributed by atoms with Crippen molar-refractivity contribution < 1.29 is 9.90 Å². The molecule has 0 radical (unpaired) electrons. The number of hydrogen-bond acceptors (Lipinski definition) is 2. The molecule has 0 heterocycles. The maximum Gasteiger partial charge on any atom is 0.159 e. The van der Waals surface area contributed by atoms with Crippen LogP contribution < -0.4 is 0 Å². The summed E-state index contributed by atoms with van der Waals surface area (Å²) in [5.41, 5.74) is -0.352. The van der Waals surface area contributed by atoms with Crippen molar-refractivity contribution in [1.29, 1.82) is 0 Å². The Bertz CT molecular complexity index is 243. The molecule has 64 valence electrons. The monoisotopic (exact) mass is 164 g/mol. The van der Waals surface area contributed by atoms with Crippen LogP contribution >= 0.6 is 0 Å². The fourth-order valence-corrected chi connectivity index (χ4v) is 1.02. The lowest BCUT2D eigenvalue weighted by molar-refractivity contribution is -0.116. The zero-order chi connectivity index (χ0) is 9.03. The van der Waals surface area contributed by atoms with Gasteiger partial charge in [0.1, 0.15) is 0 Å². The highest BCUT2D eigenvalue weighted by molar-refractivity contribution is 5.71. The van der Waals surface area contributed by atoms with Gasteiger partial charge < -0.3 is 5.11 Å². The Morgan fingerprint density at radius 3 is 2.50 bits per heavy atom. The summed E-state index contributed by atoms with van der Waals surface area (Å²) in [5, 5.41) is 9.40. The molecule has 0 atom stereocenters. The van der Waals surface area contributed by atoms with Crippen LogP contribution in [-0.4, -0.2) is 17.0 Å². The zero-order valence-electron chi connectivity index (χ0n) is 7.03. The van der Waals surface area contributed by atoms with Gasteiger partial charge in [0.2, 0.25) is 0 Å². The molecular weight excluding hydrogens is 152 g/mol. The van der Waals surface area contributed by atoms with E-state index in [0.29, 0.717) is 6.29 Å². The third-order valence-corrected chi connectivity index (χ3v) is 1.71. The Hall–Kier alpha value is -1.15. The van der Waals surface area contributed by atoms with Gasteiger partial charge in [-0.3, -0.25) is 4.79 Å². The van der Waals surface area contributed by atoms with E-state index >= 15 is 0 Å². The second-order valence-electron chi connectivity index (χ2n) is 2.78. The molecule has 0 aromatic carbocycles. The van der Waals surface area contributed by atoms with E-state index in [1.165, 1.54) is 12.2 Å². The van der Waals surface area contributed by atoms with Crippen molar-refractivity contribution in [2.75, 3.05) is 0 Å². The van der Waals surface area contributed by atoms with E-state index in [0.717, 1.165) is 12.0 Å². The van der Waals surface area contributed by atoms with E-state index in [1.54, 1.807) is 12.2 Å². The van der Waals surface area contributed by atoms with Gasteiger partial charge in [0, 0.05) is 0 Å². The lowest BCUT2D eigenvalue weighted by Gasteiger charge is -2.15. The zero-order valence-corrected chi connectivity index (χ0v) is 7.03. The maximum atomic E-state index is 10.4. The molecule has 0 aromatic heterocycles. The highest BCUT2D eigenvalue weighted by Crippen LogP contribution is 2.16. The van der Waals surface area contributed by atoms with Crippen LogP contribution in [0.25, 0.3) is 0 Å². The molecule has 0 saturated heterocycles. The lowest BCUT2D eigenvalue weighted by atomic mass is 9.97. The average molecular weight is 164 g/mol. The largest absolute Gasteiger partial charge is 0.375 e. The van der Waals surface area contributed by atoms with Crippen molar-refractivity contribution in [3.63, 3.8) is 0 Å². The van der Waals surface area contributed by atoms with Crippen molar-refractivity contribution in [3.8, 4) is 0 Å². The Morgan fingerprint density at radius 1 is 1.50 bits per heavy atom. The average Bonchev–Trinajstić information content (AvgIpc) is 2.10. The van der Waals surface area contributed by atoms with Gasteiger partial charge in [-0.25, -0.2) is 0 Å². The minimum atomic E-state index is -1.38. The standard InChI is InChI=1S/C10H12O2/c1-2-3-9-4-6-10(12,8-11)7-5-9/h3-8,12H,2H2,1H3. The molecule has 0 fully saturated rings. The molecule has 2 nitrogen and oxygen atoms in total. The van der Waals surface area contributed by atoms with Crippen LogP contribution in [-0.2, 0) is 4.79 Å². The van der Waals surface area contributed by atoms with Gasteiger partial charge in [-0.2, -0.15) is 0 Å². The molecule has 0 aliphatic heterocycles. The minimum absolute atomic E-state index is 0.517. The summed E-state index contributed by atoms with van der Waals surface area (Å²) >= 11 is 0. The summed E-state index contributed by atoms with van der Waals surface area (Å²) in [7, 11) is 0. The number of allylic oxidation sites excluding steroid dienone is 4. The first-order valence-electron chi connectivity index (χ1n) is 3.97. The Labute approximate surface area is 71.9 Å². The predicted octanol–water partition coefficient (Wildman–Crippen LogP) is 1.38. The molecule has 1 aliphatic rings. The quantitative estimate of drug-likeness (QED) is 0.626. The van der Waals surface area contributed by atoms with E-state index in [-0.39, 0.29) is 0 Å². The molecular formula is C10H12O2. The SMILES string of the molecule is CCC=C1C=CC(O)(C=O)C=C1. The molecule has 0 amide bonds. The lowest BCUT2D eigenvalue weighted by Crippen LogP contribution is -2.25. The highest BCUT2D eigenvalue weighted by atomic mass is 16.3. The Balaban J connectivity index is 2.79. The van der Waals surface area contributed by atoms with Crippen LogP contribution in [0.15, 0.2) is 36.0 Å². The predicted molar refractivity (Wildman–Crippen MR) is 47.7 cm³/mol. The minimum Gasteiger partial charge on any atom is -0.375 e.